The molecular weight excluding hydrogens is 398 g/mol. The molecule has 5 nitrogen and oxygen atoms in total. The Morgan fingerprint density at radius 3 is 2.41 bits per heavy atom. The summed E-state index contributed by atoms with van der Waals surface area (Å²) in [5, 5.41) is 5.04. The number of fused-ring (bicyclic) bond motifs is 1. The van der Waals surface area contributed by atoms with Gasteiger partial charge in [0.2, 0.25) is 0 Å². The second-order valence-electron chi connectivity index (χ2n) is 7.98. The van der Waals surface area contributed by atoms with Gasteiger partial charge in [-0.3, -0.25) is 4.79 Å². The summed E-state index contributed by atoms with van der Waals surface area (Å²) in [6, 6.07) is 27.7. The maximum Gasteiger partial charge on any atom is 0.254 e. The number of ether oxygens (including phenoxy) is 1. The van der Waals surface area contributed by atoms with Crippen molar-refractivity contribution in [3.63, 3.8) is 0 Å². The van der Waals surface area contributed by atoms with Crippen LogP contribution in [-0.2, 0) is 6.42 Å². The van der Waals surface area contributed by atoms with E-state index in [1.807, 2.05) is 52.0 Å². The molecule has 0 saturated carbocycles. The summed E-state index contributed by atoms with van der Waals surface area (Å²) in [5.41, 5.74) is 6.04. The first-order chi connectivity index (χ1) is 15.7. The van der Waals surface area contributed by atoms with E-state index in [4.69, 9.17) is 9.84 Å². The van der Waals surface area contributed by atoms with Crippen LogP contribution < -0.4 is 4.74 Å². The SMILES string of the molecule is COc1cccc(C(=O)N2CCc3c(nn(-c4ccccc4)c3-c3ccccc3)[C@@H]2C)c1. The number of rotatable bonds is 4. The first-order valence-corrected chi connectivity index (χ1v) is 10.8. The fourth-order valence-electron chi connectivity index (χ4n) is 4.47. The average Bonchev–Trinajstić information content (AvgIpc) is 3.25. The third kappa shape index (κ3) is 3.46. The van der Waals surface area contributed by atoms with Gasteiger partial charge in [0.15, 0.2) is 0 Å². The topological polar surface area (TPSA) is 47.4 Å². The van der Waals surface area contributed by atoms with Gasteiger partial charge in [-0.25, -0.2) is 4.68 Å². The average molecular weight is 424 g/mol. The number of hydrogen-bond acceptors (Lipinski definition) is 3. The molecule has 0 N–H and O–H groups in total. The lowest BCUT2D eigenvalue weighted by Crippen LogP contribution is -2.38. The molecule has 1 aliphatic rings. The summed E-state index contributed by atoms with van der Waals surface area (Å²) in [6.45, 7) is 2.71. The molecule has 5 rings (SSSR count). The van der Waals surface area contributed by atoms with Crippen molar-refractivity contribution in [2.24, 2.45) is 0 Å². The zero-order valence-corrected chi connectivity index (χ0v) is 18.2. The smallest absolute Gasteiger partial charge is 0.254 e. The van der Waals surface area contributed by atoms with Crippen LogP contribution >= 0.6 is 0 Å². The number of hydrogen-bond donors (Lipinski definition) is 0. The van der Waals surface area contributed by atoms with Crippen molar-refractivity contribution in [2.45, 2.75) is 19.4 Å². The molecule has 0 radical (unpaired) electrons. The Kier molecular flexibility index (Phi) is 5.23. The molecule has 4 aromatic rings. The molecule has 1 amide bonds. The van der Waals surface area contributed by atoms with Crippen LogP contribution in [-0.4, -0.2) is 34.2 Å². The lowest BCUT2D eigenvalue weighted by Gasteiger charge is -2.33. The van der Waals surface area contributed by atoms with E-state index < -0.39 is 0 Å². The van der Waals surface area contributed by atoms with Gasteiger partial charge in [0, 0.05) is 23.2 Å². The van der Waals surface area contributed by atoms with Crippen molar-refractivity contribution in [1.29, 1.82) is 0 Å². The van der Waals surface area contributed by atoms with Crippen LogP contribution in [0.3, 0.4) is 0 Å². The summed E-state index contributed by atoms with van der Waals surface area (Å²) in [4.78, 5) is 15.3. The molecule has 160 valence electrons. The Bertz CT molecular complexity index is 1250. The van der Waals surface area contributed by atoms with Crippen molar-refractivity contribution < 1.29 is 9.53 Å². The van der Waals surface area contributed by atoms with Crippen molar-refractivity contribution in [3.8, 4) is 22.7 Å². The summed E-state index contributed by atoms with van der Waals surface area (Å²) in [7, 11) is 1.61. The van der Waals surface area contributed by atoms with E-state index in [0.717, 1.165) is 29.1 Å². The Morgan fingerprint density at radius 2 is 1.69 bits per heavy atom. The van der Waals surface area contributed by atoms with Gasteiger partial charge in [0.25, 0.3) is 5.91 Å². The van der Waals surface area contributed by atoms with Gasteiger partial charge >= 0.3 is 0 Å². The fourth-order valence-corrected chi connectivity index (χ4v) is 4.47. The molecule has 1 aromatic heterocycles. The first-order valence-electron chi connectivity index (χ1n) is 10.8. The summed E-state index contributed by atoms with van der Waals surface area (Å²) in [6.07, 6.45) is 0.756. The van der Waals surface area contributed by atoms with Gasteiger partial charge in [-0.05, 0) is 43.7 Å². The number of nitrogens with zero attached hydrogens (tertiary/aromatic N) is 3. The third-order valence-electron chi connectivity index (χ3n) is 6.11. The third-order valence-corrected chi connectivity index (χ3v) is 6.11. The van der Waals surface area contributed by atoms with Crippen LogP contribution in [0.2, 0.25) is 0 Å². The Balaban J connectivity index is 1.58. The quantitative estimate of drug-likeness (QED) is 0.447. The van der Waals surface area contributed by atoms with Gasteiger partial charge in [0.1, 0.15) is 5.75 Å². The van der Waals surface area contributed by atoms with E-state index in [0.29, 0.717) is 17.9 Å². The van der Waals surface area contributed by atoms with E-state index in [9.17, 15) is 4.79 Å². The lowest BCUT2D eigenvalue weighted by atomic mass is 9.95. The fraction of sp³-hybridized carbons (Fsp3) is 0.185. The Hall–Kier alpha value is -3.86. The second-order valence-corrected chi connectivity index (χ2v) is 7.98. The minimum absolute atomic E-state index is 0.00225. The van der Waals surface area contributed by atoms with Gasteiger partial charge in [-0.1, -0.05) is 54.6 Å². The van der Waals surface area contributed by atoms with Crippen LogP contribution in [0.25, 0.3) is 16.9 Å². The molecule has 5 heteroatoms. The van der Waals surface area contributed by atoms with E-state index in [1.165, 1.54) is 5.56 Å². The minimum Gasteiger partial charge on any atom is -0.497 e. The molecule has 3 aromatic carbocycles. The number of benzene rings is 3. The van der Waals surface area contributed by atoms with Crippen LogP contribution in [0.4, 0.5) is 0 Å². The summed E-state index contributed by atoms with van der Waals surface area (Å²) in [5.74, 6) is 0.679. The molecule has 0 saturated heterocycles. The molecular formula is C27H25N3O2. The molecule has 1 aliphatic heterocycles. The highest BCUT2D eigenvalue weighted by molar-refractivity contribution is 5.95. The highest BCUT2D eigenvalue weighted by Gasteiger charge is 2.34. The van der Waals surface area contributed by atoms with Crippen LogP contribution in [0.5, 0.6) is 5.75 Å². The lowest BCUT2D eigenvalue weighted by molar-refractivity contribution is 0.0673. The maximum atomic E-state index is 13.4. The molecule has 0 aliphatic carbocycles. The van der Waals surface area contributed by atoms with Crippen LogP contribution in [0.15, 0.2) is 84.9 Å². The number of methoxy groups -OCH3 is 1. The molecule has 32 heavy (non-hydrogen) atoms. The monoisotopic (exact) mass is 423 g/mol. The predicted molar refractivity (Wildman–Crippen MR) is 125 cm³/mol. The summed E-state index contributed by atoms with van der Waals surface area (Å²) < 4.78 is 7.33. The zero-order valence-electron chi connectivity index (χ0n) is 18.2. The number of para-hydroxylation sites is 1. The van der Waals surface area contributed by atoms with E-state index >= 15 is 0 Å². The van der Waals surface area contributed by atoms with Gasteiger partial charge in [-0.2, -0.15) is 5.10 Å². The molecule has 1 atom stereocenters. The van der Waals surface area contributed by atoms with E-state index in [-0.39, 0.29) is 11.9 Å². The molecule has 0 bridgehead atoms. The second kappa shape index (κ2) is 8.35. The van der Waals surface area contributed by atoms with Crippen molar-refractivity contribution in [2.75, 3.05) is 13.7 Å². The van der Waals surface area contributed by atoms with E-state index in [2.05, 4.69) is 43.3 Å². The summed E-state index contributed by atoms with van der Waals surface area (Å²) >= 11 is 0. The largest absolute Gasteiger partial charge is 0.497 e. The molecule has 0 fully saturated rings. The predicted octanol–water partition coefficient (Wildman–Crippen LogP) is 5.31. The van der Waals surface area contributed by atoms with Gasteiger partial charge in [0.05, 0.1) is 30.2 Å². The van der Waals surface area contributed by atoms with Crippen molar-refractivity contribution in [1.82, 2.24) is 14.7 Å². The van der Waals surface area contributed by atoms with E-state index in [1.54, 1.807) is 13.2 Å². The molecule has 2 heterocycles. The normalized spacial score (nSPS) is 15.3. The van der Waals surface area contributed by atoms with Gasteiger partial charge < -0.3 is 9.64 Å². The minimum atomic E-state index is -0.134. The first kappa shape index (κ1) is 20.1. The zero-order chi connectivity index (χ0) is 22.1. The van der Waals surface area contributed by atoms with Gasteiger partial charge in [-0.15, -0.1) is 0 Å². The van der Waals surface area contributed by atoms with Crippen molar-refractivity contribution >= 4 is 5.91 Å². The number of carbonyl (C=O) groups is 1. The van der Waals surface area contributed by atoms with Crippen LogP contribution in [0, 0.1) is 0 Å². The van der Waals surface area contributed by atoms with Crippen molar-refractivity contribution in [3.05, 3.63) is 102 Å². The number of aromatic nitrogens is 2. The molecule has 0 spiro atoms. The number of amides is 1. The Morgan fingerprint density at radius 1 is 0.969 bits per heavy atom. The maximum absolute atomic E-state index is 13.4. The number of carbonyl (C=O) groups excluding carboxylic acids is 1. The highest BCUT2D eigenvalue weighted by atomic mass is 16.5. The molecule has 0 unspecified atom stereocenters. The highest BCUT2D eigenvalue weighted by Crippen LogP contribution is 2.37. The van der Waals surface area contributed by atoms with Crippen LogP contribution in [0.1, 0.15) is 34.6 Å². The Labute approximate surface area is 187 Å². The standard InChI is InChI=1S/C27H25N3O2/c1-19-25-24(16-17-29(19)27(31)21-12-9-15-23(18-21)32-2)26(20-10-5-3-6-11-20)30(28-25)22-13-7-4-8-14-22/h3-15,18-19H,16-17H2,1-2H3/t19-/m0/s1.